The molecular formula is C43H65N3O7. The van der Waals surface area contributed by atoms with Crippen molar-refractivity contribution < 1.29 is 35.0 Å². The van der Waals surface area contributed by atoms with Crippen LogP contribution >= 0.6 is 0 Å². The Morgan fingerprint density at radius 1 is 1.09 bits per heavy atom. The van der Waals surface area contributed by atoms with Crippen molar-refractivity contribution in [2.75, 3.05) is 32.9 Å². The maximum Gasteiger partial charge on any atom is 0.189 e. The molecule has 9 unspecified atom stereocenters. The number of aliphatic hydroxyl groups is 4. The van der Waals surface area contributed by atoms with Crippen LogP contribution in [-0.2, 0) is 11.2 Å². The van der Waals surface area contributed by atoms with E-state index in [0.717, 1.165) is 80.9 Å². The monoisotopic (exact) mass is 735 g/mol. The van der Waals surface area contributed by atoms with Crippen LogP contribution in [0.25, 0.3) is 0 Å². The highest BCUT2D eigenvalue weighted by molar-refractivity contribution is 6.04. The molecule has 0 amide bonds. The van der Waals surface area contributed by atoms with Crippen LogP contribution in [0.4, 0.5) is 0 Å². The molecule has 10 heteroatoms. The van der Waals surface area contributed by atoms with Crippen LogP contribution in [0.3, 0.4) is 0 Å². The molecule has 3 aliphatic carbocycles. The van der Waals surface area contributed by atoms with E-state index in [2.05, 4.69) is 11.4 Å². The van der Waals surface area contributed by atoms with E-state index >= 15 is 0 Å². The number of ether oxygens (including phenoxy) is 2. The highest BCUT2D eigenvalue weighted by atomic mass is 16.5. The zero-order chi connectivity index (χ0) is 37.3. The molecule has 0 aromatic heterocycles. The molecule has 0 bridgehead atoms. The van der Waals surface area contributed by atoms with Gasteiger partial charge in [-0.2, -0.15) is 11.6 Å². The normalized spacial score (nSPS) is 29.6. The number of phenolic OH excluding ortho intramolecular Hbond substituents is 1. The molecule has 1 aromatic rings. The Morgan fingerprint density at radius 3 is 2.74 bits per heavy atom. The van der Waals surface area contributed by atoms with Crippen LogP contribution in [0, 0.1) is 41.7 Å². The lowest BCUT2D eigenvalue weighted by molar-refractivity contribution is 0.101. The number of nitrogens with two attached hydrogens (primary N) is 1. The molecule has 3 fully saturated rings. The summed E-state index contributed by atoms with van der Waals surface area (Å²) < 4.78 is 12.3. The van der Waals surface area contributed by atoms with Gasteiger partial charge in [-0.15, -0.1) is 4.99 Å². The second-order valence-corrected chi connectivity index (χ2v) is 16.6. The van der Waals surface area contributed by atoms with Crippen molar-refractivity contribution in [3.63, 3.8) is 0 Å². The van der Waals surface area contributed by atoms with Gasteiger partial charge in [-0.05, 0) is 93.2 Å². The highest BCUT2D eigenvalue weighted by Gasteiger charge is 2.47. The number of hydrogen-bond acceptors (Lipinski definition) is 10. The molecule has 9 atom stereocenters. The zero-order valence-corrected chi connectivity index (χ0v) is 31.8. The number of nitrogens with zero attached hydrogens (tertiary/aromatic N) is 1. The average Bonchev–Trinajstić information content (AvgIpc) is 3.88. The number of nitrogens with one attached hydrogen (secondary N) is 1. The smallest absolute Gasteiger partial charge is 0.189 e. The number of hydrogen-bond donors (Lipinski definition) is 7. The van der Waals surface area contributed by atoms with Gasteiger partial charge in [-0.3, -0.25) is 0 Å². The lowest BCUT2D eigenvalue weighted by Crippen LogP contribution is -2.37. The van der Waals surface area contributed by atoms with Crippen LogP contribution in [0.15, 0.2) is 46.5 Å². The number of aryl methyl sites for hydroxylation is 1. The number of aliphatic hydroxyl groups excluding tert-OH is 4. The number of fused-ring (bicyclic) bond motifs is 2. The van der Waals surface area contributed by atoms with Gasteiger partial charge in [0.1, 0.15) is 12.2 Å². The Bertz CT molecular complexity index is 1410. The molecule has 2 aliphatic heterocycles. The van der Waals surface area contributed by atoms with Crippen LogP contribution in [0.5, 0.6) is 11.5 Å². The van der Waals surface area contributed by atoms with E-state index in [1.54, 1.807) is 13.0 Å². The molecule has 8 N–H and O–H groups in total. The van der Waals surface area contributed by atoms with E-state index in [1.165, 1.54) is 37.7 Å². The van der Waals surface area contributed by atoms with Gasteiger partial charge in [0, 0.05) is 44.9 Å². The maximum atomic E-state index is 11.2. The Morgan fingerprint density at radius 2 is 1.94 bits per heavy atom. The first-order chi connectivity index (χ1) is 25.7. The number of aliphatic imine (C=N–C) groups is 1. The summed E-state index contributed by atoms with van der Waals surface area (Å²) in [5.74, 6) is 3.08. The van der Waals surface area contributed by atoms with E-state index in [9.17, 15) is 25.5 Å². The first-order valence-corrected chi connectivity index (χ1v) is 20.6. The first kappa shape index (κ1) is 40.1. The topological polar surface area (TPSA) is 170 Å². The molecule has 0 spiro atoms. The summed E-state index contributed by atoms with van der Waals surface area (Å²) in [4.78, 5) is 4.91. The van der Waals surface area contributed by atoms with Crippen LogP contribution in [0.2, 0.25) is 0 Å². The standard InChI is InChI=1S/C43H65N3O7/c1-27(49)23-45-24-36-34-7-4-6-30(34)13-15-38-35(36)22-39(46-38)41(51)26-52-43-20-29(11-16-40(43)50)10-14-33-21-32(25-48)42(53-33)8-3-2-5-28-9-12-31(17-18-47)37(44)19-28/h11,16,20-22,27-28,30-31,34,36-37,41-42,45,47-51H,2-10,12-15,17-19,23-26,44H2,1H3. The molecule has 10 nitrogen and oxygen atoms in total. The van der Waals surface area contributed by atoms with E-state index < -0.39 is 12.2 Å². The third kappa shape index (κ3) is 10.6. The minimum absolute atomic E-state index is 0.0136. The van der Waals surface area contributed by atoms with E-state index in [0.29, 0.717) is 60.8 Å². The summed E-state index contributed by atoms with van der Waals surface area (Å²) in [5.41, 5.74) is 10.6. The predicted molar refractivity (Wildman–Crippen MR) is 207 cm³/mol. The minimum Gasteiger partial charge on any atom is -0.504 e. The molecule has 294 valence electrons. The van der Waals surface area contributed by atoms with Gasteiger partial charge < -0.3 is 46.1 Å². The minimum atomic E-state index is -0.929. The number of benzene rings is 1. The van der Waals surface area contributed by atoms with Crippen molar-refractivity contribution in [2.45, 2.75) is 128 Å². The zero-order valence-electron chi connectivity index (χ0n) is 31.8. The van der Waals surface area contributed by atoms with Crippen molar-refractivity contribution >= 4 is 5.71 Å². The predicted octanol–water partition coefficient (Wildman–Crippen LogP) is 5.31. The van der Waals surface area contributed by atoms with E-state index in [4.69, 9.17) is 20.2 Å². The van der Waals surface area contributed by atoms with Crippen molar-refractivity contribution in [1.82, 2.24) is 5.32 Å². The highest BCUT2D eigenvalue weighted by Crippen LogP contribution is 2.47. The lowest BCUT2D eigenvalue weighted by Gasteiger charge is -2.34. The van der Waals surface area contributed by atoms with Crippen LogP contribution in [-0.4, -0.2) is 88.5 Å². The Hall–Kier alpha value is -2.57. The maximum absolute atomic E-state index is 11.2. The molecule has 5 aliphatic rings. The molecule has 0 saturated heterocycles. The Labute approximate surface area is 317 Å². The van der Waals surface area contributed by atoms with Gasteiger partial charge in [0.2, 0.25) is 0 Å². The number of unbranched alkanes of at least 4 members (excludes halogenated alkanes) is 1. The third-order valence-electron chi connectivity index (χ3n) is 12.7. The summed E-state index contributed by atoms with van der Waals surface area (Å²) in [7, 11) is 0. The van der Waals surface area contributed by atoms with Crippen molar-refractivity contribution in [1.29, 1.82) is 0 Å². The Kier molecular flexibility index (Phi) is 14.6. The van der Waals surface area contributed by atoms with E-state index in [1.807, 2.05) is 18.2 Å². The van der Waals surface area contributed by atoms with Crippen LogP contribution in [0.1, 0.15) is 102 Å². The number of phenols is 1. The molecular weight excluding hydrogens is 670 g/mol. The quantitative estimate of drug-likeness (QED) is 0.0736. The molecule has 0 radical (unpaired) electrons. The molecule has 1 aromatic carbocycles. The third-order valence-corrected chi connectivity index (χ3v) is 12.7. The molecule has 2 heterocycles. The van der Waals surface area contributed by atoms with Crippen molar-refractivity contribution in [2.24, 2.45) is 40.3 Å². The summed E-state index contributed by atoms with van der Waals surface area (Å²) >= 11 is 0. The van der Waals surface area contributed by atoms with Gasteiger partial charge in [-0.25, -0.2) is 0 Å². The SMILES string of the molecule is CC(O)CNCC1C2=C[C+](C(O)COc3cc(CC[C-]4C=C(CO)C(CCCCC5CCC(CCO)C(N)C5)O4)ccc3O)N=C2CCC2CCCC21. The molecule has 53 heavy (non-hydrogen) atoms. The van der Waals surface area contributed by atoms with Gasteiger partial charge in [0.05, 0.1) is 18.1 Å². The lowest BCUT2D eigenvalue weighted by atomic mass is 9.75. The molecule has 3 saturated carbocycles. The van der Waals surface area contributed by atoms with Gasteiger partial charge >= 0.3 is 0 Å². The van der Waals surface area contributed by atoms with Crippen molar-refractivity contribution in [3.8, 4) is 11.5 Å². The first-order valence-electron chi connectivity index (χ1n) is 20.6. The number of aromatic hydroxyl groups is 1. The fourth-order valence-corrected chi connectivity index (χ4v) is 9.78. The van der Waals surface area contributed by atoms with Crippen LogP contribution < -0.4 is 15.8 Å². The van der Waals surface area contributed by atoms with E-state index in [-0.39, 0.29) is 37.7 Å². The van der Waals surface area contributed by atoms with Gasteiger partial charge in [0.25, 0.3) is 0 Å². The van der Waals surface area contributed by atoms with Gasteiger partial charge in [-0.1, -0.05) is 57.1 Å². The fraction of sp³-hybridized carbons (Fsp3) is 0.698. The van der Waals surface area contributed by atoms with Crippen molar-refractivity contribution in [3.05, 3.63) is 59.2 Å². The second-order valence-electron chi connectivity index (χ2n) is 16.6. The summed E-state index contributed by atoms with van der Waals surface area (Å²) in [6, 6.07) is 6.15. The summed E-state index contributed by atoms with van der Waals surface area (Å²) in [6.07, 6.45) is 19.0. The second kappa shape index (κ2) is 19.3. The number of rotatable bonds is 19. The Balaban J connectivity index is 0.956. The summed E-state index contributed by atoms with van der Waals surface area (Å²) in [6.45, 7) is 3.34. The largest absolute Gasteiger partial charge is 0.504 e. The summed E-state index contributed by atoms with van der Waals surface area (Å²) in [5, 5.41) is 54.4. The fourth-order valence-electron chi connectivity index (χ4n) is 9.78. The van der Waals surface area contributed by atoms with Gasteiger partial charge in [0.15, 0.2) is 29.4 Å². The average molecular weight is 736 g/mol. The molecule has 6 rings (SSSR count).